The van der Waals surface area contributed by atoms with Crippen molar-refractivity contribution < 1.29 is 28.2 Å². The number of aliphatic hydroxyl groups is 1. The maximum absolute atomic E-state index is 14.1. The average Bonchev–Trinajstić information content (AvgIpc) is 3.28. The van der Waals surface area contributed by atoms with Crippen LogP contribution in [0, 0.1) is 11.6 Å². The Bertz CT molecular complexity index is 914. The maximum Gasteiger partial charge on any atom is 0.336 e. The molecule has 8 nitrogen and oxygen atoms in total. The number of fused-ring (bicyclic) bond motifs is 1. The minimum Gasteiger partial charge on any atom is -0.467 e. The van der Waals surface area contributed by atoms with E-state index in [0.29, 0.717) is 26.1 Å². The van der Waals surface area contributed by atoms with E-state index in [9.17, 15) is 18.7 Å². The van der Waals surface area contributed by atoms with Gasteiger partial charge in [-0.25, -0.2) is 13.6 Å². The molecule has 2 aliphatic rings. The monoisotopic (exact) mass is 422 g/mol. The van der Waals surface area contributed by atoms with Crippen LogP contribution in [0.5, 0.6) is 0 Å². The number of hydrogen-bond donors (Lipinski definition) is 2. The van der Waals surface area contributed by atoms with Crippen LogP contribution in [-0.2, 0) is 33.9 Å². The van der Waals surface area contributed by atoms with Crippen molar-refractivity contribution in [3.8, 4) is 0 Å². The van der Waals surface area contributed by atoms with Crippen LogP contribution in [-0.4, -0.2) is 57.7 Å². The van der Waals surface area contributed by atoms with Gasteiger partial charge in [0.15, 0.2) is 6.10 Å². The van der Waals surface area contributed by atoms with Gasteiger partial charge in [-0.2, -0.15) is 5.10 Å². The largest absolute Gasteiger partial charge is 0.467 e. The standard InChI is InChI=1S/C20H24F2N4O4/c1-29-20(28)18(27)9-26-7-11-6-25(8-17(11)24-26)13-5-16(23)19(30-10-13)14-4-12(21)2-3-15(14)22/h2-4,7,13,16,18-19,27H,5-6,8-10,23H2,1H3/t13-,16+,18+,19-/m1/s1. The van der Waals surface area contributed by atoms with Crippen LogP contribution in [0.25, 0.3) is 0 Å². The fourth-order valence-corrected chi connectivity index (χ4v) is 4.13. The van der Waals surface area contributed by atoms with Crippen molar-refractivity contribution in [2.75, 3.05) is 13.7 Å². The molecule has 0 unspecified atom stereocenters. The predicted molar refractivity (Wildman–Crippen MR) is 101 cm³/mol. The Labute approximate surface area is 172 Å². The molecule has 1 fully saturated rings. The highest BCUT2D eigenvalue weighted by atomic mass is 19.1. The number of carbonyl (C=O) groups is 1. The first-order valence-corrected chi connectivity index (χ1v) is 9.73. The summed E-state index contributed by atoms with van der Waals surface area (Å²) in [6.45, 7) is 1.58. The van der Waals surface area contributed by atoms with Gasteiger partial charge in [0.2, 0.25) is 0 Å². The van der Waals surface area contributed by atoms with Crippen molar-refractivity contribution in [1.82, 2.24) is 14.7 Å². The molecule has 2 aromatic rings. The van der Waals surface area contributed by atoms with E-state index in [2.05, 4.69) is 14.7 Å². The summed E-state index contributed by atoms with van der Waals surface area (Å²) in [5, 5.41) is 14.2. The van der Waals surface area contributed by atoms with Crippen LogP contribution < -0.4 is 5.73 Å². The molecule has 0 spiro atoms. The lowest BCUT2D eigenvalue weighted by Gasteiger charge is -2.38. The summed E-state index contributed by atoms with van der Waals surface area (Å²) < 4.78 is 39.5. The summed E-state index contributed by atoms with van der Waals surface area (Å²) in [4.78, 5) is 13.5. The number of ether oxygens (including phenoxy) is 2. The molecule has 0 radical (unpaired) electrons. The average molecular weight is 422 g/mol. The van der Waals surface area contributed by atoms with Gasteiger partial charge < -0.3 is 20.3 Å². The zero-order valence-electron chi connectivity index (χ0n) is 16.5. The minimum absolute atomic E-state index is 0.0242. The lowest BCUT2D eigenvalue weighted by atomic mass is 9.93. The van der Waals surface area contributed by atoms with Gasteiger partial charge in [0.25, 0.3) is 0 Å². The molecule has 30 heavy (non-hydrogen) atoms. The summed E-state index contributed by atoms with van der Waals surface area (Å²) in [5.74, 6) is -1.76. The van der Waals surface area contributed by atoms with Crippen LogP contribution in [0.4, 0.5) is 8.78 Å². The highest BCUT2D eigenvalue weighted by Crippen LogP contribution is 2.34. The third-order valence-electron chi connectivity index (χ3n) is 5.67. The van der Waals surface area contributed by atoms with Crippen molar-refractivity contribution >= 4 is 5.97 Å². The summed E-state index contributed by atoms with van der Waals surface area (Å²) in [7, 11) is 1.22. The number of benzene rings is 1. The molecule has 0 amide bonds. The number of carbonyl (C=O) groups excluding carboxylic acids is 1. The number of aliphatic hydroxyl groups excluding tert-OH is 1. The van der Waals surface area contributed by atoms with Crippen LogP contribution in [0.15, 0.2) is 24.4 Å². The molecule has 0 saturated carbocycles. The number of esters is 1. The summed E-state index contributed by atoms with van der Waals surface area (Å²) in [5.41, 5.74) is 8.26. The molecule has 2 aliphatic heterocycles. The lowest BCUT2D eigenvalue weighted by molar-refractivity contribution is -0.151. The second-order valence-electron chi connectivity index (χ2n) is 7.74. The number of aromatic nitrogens is 2. The Kier molecular flexibility index (Phi) is 5.83. The first-order valence-electron chi connectivity index (χ1n) is 9.73. The smallest absolute Gasteiger partial charge is 0.336 e. The molecule has 1 aromatic carbocycles. The van der Waals surface area contributed by atoms with E-state index in [4.69, 9.17) is 10.5 Å². The molecule has 10 heteroatoms. The number of hydrogen-bond acceptors (Lipinski definition) is 7. The molecular weight excluding hydrogens is 398 g/mol. The molecule has 4 atom stereocenters. The van der Waals surface area contributed by atoms with E-state index in [-0.39, 0.29) is 18.2 Å². The van der Waals surface area contributed by atoms with E-state index in [1.807, 2.05) is 0 Å². The summed E-state index contributed by atoms with van der Waals surface area (Å²) >= 11 is 0. The second-order valence-corrected chi connectivity index (χ2v) is 7.74. The highest BCUT2D eigenvalue weighted by molar-refractivity contribution is 5.74. The lowest BCUT2D eigenvalue weighted by Crippen LogP contribution is -2.47. The van der Waals surface area contributed by atoms with E-state index in [1.54, 1.807) is 6.20 Å². The van der Waals surface area contributed by atoms with Gasteiger partial charge in [-0.15, -0.1) is 0 Å². The van der Waals surface area contributed by atoms with Gasteiger partial charge in [-0.3, -0.25) is 9.58 Å². The molecule has 162 valence electrons. The Morgan fingerprint density at radius 2 is 2.23 bits per heavy atom. The van der Waals surface area contributed by atoms with Crippen LogP contribution >= 0.6 is 0 Å². The van der Waals surface area contributed by atoms with Gasteiger partial charge in [-0.05, 0) is 24.6 Å². The zero-order valence-corrected chi connectivity index (χ0v) is 16.5. The number of nitrogens with two attached hydrogens (primary N) is 1. The topological polar surface area (TPSA) is 103 Å². The fraction of sp³-hybridized carbons (Fsp3) is 0.500. The van der Waals surface area contributed by atoms with Gasteiger partial charge in [0, 0.05) is 42.5 Å². The van der Waals surface area contributed by atoms with Gasteiger partial charge >= 0.3 is 5.97 Å². The van der Waals surface area contributed by atoms with Crippen LogP contribution in [0.3, 0.4) is 0 Å². The Balaban J connectivity index is 1.36. The molecule has 3 N–H and O–H groups in total. The minimum atomic E-state index is -1.27. The summed E-state index contributed by atoms with van der Waals surface area (Å²) in [6.07, 6.45) is 0.420. The number of halogens is 2. The normalized spacial score (nSPS) is 25.2. The third kappa shape index (κ3) is 4.08. The Morgan fingerprint density at radius 3 is 2.93 bits per heavy atom. The number of nitrogens with zero attached hydrogens (tertiary/aromatic N) is 3. The van der Waals surface area contributed by atoms with Crippen LogP contribution in [0.2, 0.25) is 0 Å². The second kappa shape index (κ2) is 8.38. The number of methoxy groups -OCH3 is 1. The van der Waals surface area contributed by atoms with Crippen molar-refractivity contribution in [3.05, 3.63) is 52.9 Å². The third-order valence-corrected chi connectivity index (χ3v) is 5.67. The molecule has 1 aromatic heterocycles. The number of rotatable bonds is 5. The van der Waals surface area contributed by atoms with Crippen molar-refractivity contribution in [3.63, 3.8) is 0 Å². The Morgan fingerprint density at radius 1 is 1.43 bits per heavy atom. The van der Waals surface area contributed by atoms with Crippen molar-refractivity contribution in [2.45, 2.75) is 50.3 Å². The highest BCUT2D eigenvalue weighted by Gasteiger charge is 2.37. The van der Waals surface area contributed by atoms with Gasteiger partial charge in [0.1, 0.15) is 17.7 Å². The molecular formula is C20H24F2N4O4. The molecule has 1 saturated heterocycles. The Hall–Kier alpha value is -2.40. The van der Waals surface area contributed by atoms with E-state index >= 15 is 0 Å². The first kappa shape index (κ1) is 20.9. The fourth-order valence-electron chi connectivity index (χ4n) is 4.13. The maximum atomic E-state index is 14.1. The van der Waals surface area contributed by atoms with Crippen molar-refractivity contribution in [1.29, 1.82) is 0 Å². The molecule has 4 rings (SSSR count). The van der Waals surface area contributed by atoms with E-state index in [1.165, 1.54) is 11.8 Å². The first-order chi connectivity index (χ1) is 14.4. The van der Waals surface area contributed by atoms with Crippen molar-refractivity contribution in [2.24, 2.45) is 5.73 Å². The quantitative estimate of drug-likeness (QED) is 0.690. The SMILES string of the molecule is COC(=O)[C@@H](O)Cn1cc2c(n1)CN([C@H]1CO[C@H](c3cc(F)ccc3F)[C@@H](N)C1)C2. The van der Waals surface area contributed by atoms with Gasteiger partial charge in [0.05, 0.1) is 26.0 Å². The molecule has 0 bridgehead atoms. The zero-order chi connectivity index (χ0) is 21.4. The molecule has 3 heterocycles. The van der Waals surface area contributed by atoms with Crippen LogP contribution in [0.1, 0.15) is 29.3 Å². The van der Waals surface area contributed by atoms with E-state index in [0.717, 1.165) is 29.5 Å². The van der Waals surface area contributed by atoms with Gasteiger partial charge in [-0.1, -0.05) is 0 Å². The molecule has 0 aliphatic carbocycles. The van der Waals surface area contributed by atoms with E-state index < -0.39 is 35.9 Å². The predicted octanol–water partition coefficient (Wildman–Crippen LogP) is 0.868. The summed E-state index contributed by atoms with van der Waals surface area (Å²) in [6, 6.07) is 2.85.